The lowest BCUT2D eigenvalue weighted by Crippen LogP contribution is -2.33. The number of thioether (sulfide) groups is 1. The minimum Gasteiger partial charge on any atom is -0.330 e. The zero-order valence-electron chi connectivity index (χ0n) is 15.5. The summed E-state index contributed by atoms with van der Waals surface area (Å²) in [5.74, 6) is -0.554. The number of hydrogen-bond acceptors (Lipinski definition) is 6. The average Bonchev–Trinajstić information content (AvgIpc) is 3.07. The van der Waals surface area contributed by atoms with Gasteiger partial charge in [-0.2, -0.15) is 0 Å². The third-order valence-electron chi connectivity index (χ3n) is 5.07. The minimum atomic E-state index is -0.678. The fourth-order valence-electron chi connectivity index (χ4n) is 3.21. The molecule has 2 heterocycles. The van der Waals surface area contributed by atoms with E-state index >= 15 is 0 Å². The number of nitrogens with zero attached hydrogens (tertiary/aromatic N) is 2. The van der Waals surface area contributed by atoms with Gasteiger partial charge < -0.3 is 9.74 Å². The van der Waals surface area contributed by atoms with Crippen LogP contribution in [0, 0.1) is 11.8 Å². The van der Waals surface area contributed by atoms with Crippen molar-refractivity contribution in [2.24, 2.45) is 11.8 Å². The Morgan fingerprint density at radius 2 is 1.88 bits per heavy atom. The molecule has 3 amide bonds. The van der Waals surface area contributed by atoms with Crippen LogP contribution >= 0.6 is 11.8 Å². The first kappa shape index (κ1) is 20.5. The van der Waals surface area contributed by atoms with Crippen LogP contribution in [0.5, 0.6) is 0 Å². The van der Waals surface area contributed by atoms with Gasteiger partial charge in [0, 0.05) is 31.2 Å². The number of carbonyl (C=O) groups excluding carboxylic acids is 4. The lowest BCUT2D eigenvalue weighted by molar-refractivity contribution is -0.197. The van der Waals surface area contributed by atoms with Crippen molar-refractivity contribution in [2.75, 3.05) is 12.3 Å². The molecule has 2 aliphatic heterocycles. The van der Waals surface area contributed by atoms with E-state index in [1.165, 1.54) is 0 Å². The number of imide groups is 1. The minimum absolute atomic E-state index is 0.0345. The number of carbonyl (C=O) groups is 4. The molecular formula is C18H26N2O5S. The molecule has 0 aromatic rings. The van der Waals surface area contributed by atoms with E-state index in [0.717, 1.165) is 24.7 Å². The highest BCUT2D eigenvalue weighted by molar-refractivity contribution is 8.13. The van der Waals surface area contributed by atoms with Crippen LogP contribution in [-0.4, -0.2) is 51.3 Å². The molecule has 2 fully saturated rings. The molecule has 0 bridgehead atoms. The topological polar surface area (TPSA) is 84.0 Å². The molecule has 0 saturated carbocycles. The Balaban J connectivity index is 1.75. The van der Waals surface area contributed by atoms with E-state index < -0.39 is 17.8 Å². The second kappa shape index (κ2) is 9.21. The molecule has 2 saturated heterocycles. The molecule has 0 spiro atoms. The Hall–Kier alpha value is -1.83. The van der Waals surface area contributed by atoms with Crippen LogP contribution in [0.3, 0.4) is 0 Å². The Morgan fingerprint density at radius 3 is 2.50 bits per heavy atom. The molecule has 3 atom stereocenters. The van der Waals surface area contributed by atoms with Crippen molar-refractivity contribution in [3.05, 3.63) is 12.2 Å². The summed E-state index contributed by atoms with van der Waals surface area (Å²) in [5, 5.41) is 0.485. The van der Waals surface area contributed by atoms with Gasteiger partial charge >= 0.3 is 5.97 Å². The van der Waals surface area contributed by atoms with Crippen molar-refractivity contribution >= 4 is 34.8 Å². The molecule has 0 aromatic heterocycles. The second-order valence-corrected chi connectivity index (χ2v) is 7.77. The van der Waals surface area contributed by atoms with Crippen molar-refractivity contribution in [1.82, 2.24) is 9.96 Å². The van der Waals surface area contributed by atoms with Crippen LogP contribution in [0.15, 0.2) is 12.2 Å². The summed E-state index contributed by atoms with van der Waals surface area (Å²) in [6.45, 7) is 6.93. The number of hydroxylamine groups is 2. The maximum atomic E-state index is 12.5. The van der Waals surface area contributed by atoms with Crippen LogP contribution in [0.4, 0.5) is 4.79 Å². The van der Waals surface area contributed by atoms with Crippen LogP contribution in [0.25, 0.3) is 0 Å². The maximum Gasteiger partial charge on any atom is 0.334 e. The fraction of sp³-hybridized carbons (Fsp3) is 0.667. The van der Waals surface area contributed by atoms with Crippen molar-refractivity contribution in [2.45, 2.75) is 52.5 Å². The SMILES string of the molecule is CC=CCC1CN(C(=O)SCCC(=O)ON2C(=O)CCC2=O)C(C)C1C. The van der Waals surface area contributed by atoms with E-state index in [4.69, 9.17) is 4.84 Å². The van der Waals surface area contributed by atoms with E-state index in [9.17, 15) is 19.2 Å². The Labute approximate surface area is 158 Å². The van der Waals surface area contributed by atoms with E-state index in [1.54, 1.807) is 0 Å². The molecule has 0 N–H and O–H groups in total. The molecular weight excluding hydrogens is 356 g/mol. The highest BCUT2D eigenvalue weighted by atomic mass is 32.2. The Morgan fingerprint density at radius 1 is 1.23 bits per heavy atom. The third-order valence-corrected chi connectivity index (χ3v) is 5.96. The number of amides is 3. The summed E-state index contributed by atoms with van der Waals surface area (Å²) in [4.78, 5) is 53.7. The smallest absolute Gasteiger partial charge is 0.330 e. The van der Waals surface area contributed by atoms with Gasteiger partial charge in [0.1, 0.15) is 0 Å². The van der Waals surface area contributed by atoms with Crippen LogP contribution in [0.2, 0.25) is 0 Å². The van der Waals surface area contributed by atoms with Gasteiger partial charge in [-0.15, -0.1) is 5.06 Å². The summed E-state index contributed by atoms with van der Waals surface area (Å²) in [5.41, 5.74) is 0. The van der Waals surface area contributed by atoms with E-state index in [2.05, 4.69) is 19.9 Å². The van der Waals surface area contributed by atoms with Gasteiger partial charge in [0.15, 0.2) is 0 Å². The highest BCUT2D eigenvalue weighted by Crippen LogP contribution is 2.34. The van der Waals surface area contributed by atoms with Gasteiger partial charge in [0.25, 0.3) is 17.1 Å². The Bertz CT molecular complexity index is 590. The zero-order chi connectivity index (χ0) is 19.3. The largest absolute Gasteiger partial charge is 0.334 e. The number of allylic oxidation sites excluding steroid dienone is 2. The quantitative estimate of drug-likeness (QED) is 0.519. The lowest BCUT2D eigenvalue weighted by atomic mass is 9.91. The summed E-state index contributed by atoms with van der Waals surface area (Å²) in [7, 11) is 0. The predicted octanol–water partition coefficient (Wildman–Crippen LogP) is 2.76. The molecule has 144 valence electrons. The number of rotatable bonds is 6. The maximum absolute atomic E-state index is 12.5. The molecule has 0 radical (unpaired) electrons. The van der Waals surface area contributed by atoms with Crippen LogP contribution in [-0.2, 0) is 19.2 Å². The molecule has 0 aromatic carbocycles. The standard InChI is InChI=1S/C18H26N2O5S/c1-4-5-6-14-11-19(13(3)12(14)2)18(24)26-10-9-17(23)25-20-15(21)7-8-16(20)22/h4-5,12-14H,6-11H2,1-3H3. The van der Waals surface area contributed by atoms with Gasteiger partial charge in [0.05, 0.1) is 6.42 Å². The van der Waals surface area contributed by atoms with Gasteiger partial charge in [-0.1, -0.05) is 30.8 Å². The van der Waals surface area contributed by atoms with E-state index in [1.807, 2.05) is 17.9 Å². The number of hydrogen-bond donors (Lipinski definition) is 0. The summed E-state index contributed by atoms with van der Waals surface area (Å²) in [6, 6.07) is 0.164. The first-order chi connectivity index (χ1) is 12.3. The van der Waals surface area contributed by atoms with Gasteiger partial charge in [-0.05, 0) is 32.1 Å². The summed E-state index contributed by atoms with van der Waals surface area (Å²) in [6.07, 6.45) is 5.22. The van der Waals surface area contributed by atoms with Gasteiger partial charge in [-0.25, -0.2) is 4.79 Å². The first-order valence-corrected chi connectivity index (χ1v) is 9.94. The summed E-state index contributed by atoms with van der Waals surface area (Å²) < 4.78 is 0. The molecule has 2 aliphatic rings. The van der Waals surface area contributed by atoms with Crippen molar-refractivity contribution < 1.29 is 24.0 Å². The fourth-order valence-corrected chi connectivity index (χ4v) is 4.06. The second-order valence-electron chi connectivity index (χ2n) is 6.73. The molecule has 0 aliphatic carbocycles. The molecule has 26 heavy (non-hydrogen) atoms. The van der Waals surface area contributed by atoms with Gasteiger partial charge in [0.2, 0.25) is 0 Å². The average molecular weight is 382 g/mol. The normalized spacial score (nSPS) is 26.2. The van der Waals surface area contributed by atoms with E-state index in [0.29, 0.717) is 16.9 Å². The van der Waals surface area contributed by atoms with Crippen molar-refractivity contribution in [3.63, 3.8) is 0 Å². The molecule has 7 nitrogen and oxygen atoms in total. The summed E-state index contributed by atoms with van der Waals surface area (Å²) >= 11 is 1.07. The van der Waals surface area contributed by atoms with Crippen molar-refractivity contribution in [1.29, 1.82) is 0 Å². The predicted molar refractivity (Wildman–Crippen MR) is 97.9 cm³/mol. The Kier molecular flexibility index (Phi) is 7.25. The lowest BCUT2D eigenvalue weighted by Gasteiger charge is -2.22. The van der Waals surface area contributed by atoms with Crippen LogP contribution in [0.1, 0.15) is 46.5 Å². The zero-order valence-corrected chi connectivity index (χ0v) is 16.3. The molecule has 2 rings (SSSR count). The monoisotopic (exact) mass is 382 g/mol. The molecule has 3 unspecified atom stereocenters. The van der Waals surface area contributed by atoms with Crippen LogP contribution < -0.4 is 0 Å². The third kappa shape index (κ3) is 4.87. The number of likely N-dealkylation sites (tertiary alicyclic amines) is 1. The first-order valence-electron chi connectivity index (χ1n) is 8.96. The van der Waals surface area contributed by atoms with Gasteiger partial charge in [-0.3, -0.25) is 14.4 Å². The van der Waals surface area contributed by atoms with Crippen molar-refractivity contribution in [3.8, 4) is 0 Å². The highest BCUT2D eigenvalue weighted by Gasteiger charge is 2.38. The molecule has 8 heteroatoms. The van der Waals surface area contributed by atoms with E-state index in [-0.39, 0.29) is 36.3 Å².